The lowest BCUT2D eigenvalue weighted by Gasteiger charge is -2.34. The minimum absolute atomic E-state index is 0.344. The summed E-state index contributed by atoms with van der Waals surface area (Å²) in [4.78, 5) is 2.41. The number of fused-ring (bicyclic) bond motifs is 3. The van der Waals surface area contributed by atoms with Gasteiger partial charge in [0.1, 0.15) is 0 Å². The fourth-order valence-corrected chi connectivity index (χ4v) is 2.92. The third kappa shape index (κ3) is 1.46. The number of anilines is 2. The molecule has 3 rings (SSSR count). The Kier molecular flexibility index (Phi) is 2.45. The van der Waals surface area contributed by atoms with Crippen molar-refractivity contribution < 1.29 is 4.74 Å². The van der Waals surface area contributed by atoms with E-state index in [0.717, 1.165) is 30.2 Å². The predicted octanol–water partition coefficient (Wildman–Crippen LogP) is 2.36. The first-order valence-corrected chi connectivity index (χ1v) is 5.99. The summed E-state index contributed by atoms with van der Waals surface area (Å²) >= 11 is 6.18. The van der Waals surface area contributed by atoms with Crippen molar-refractivity contribution in [1.82, 2.24) is 0 Å². The molecule has 1 aromatic carbocycles. The standard InChI is InChI=1S/C12H15ClN2O/c1-16-9-5-8-6-14-12-10(13)3-2-4-11(12)15(8)7-9/h2-4,8-9,14H,5-7H2,1H3. The molecule has 0 amide bonds. The molecule has 1 aromatic rings. The van der Waals surface area contributed by atoms with E-state index in [9.17, 15) is 0 Å². The number of rotatable bonds is 1. The van der Waals surface area contributed by atoms with Gasteiger partial charge in [0, 0.05) is 26.2 Å². The molecule has 0 spiro atoms. The zero-order chi connectivity index (χ0) is 11.1. The summed E-state index contributed by atoms with van der Waals surface area (Å²) in [5.41, 5.74) is 2.28. The van der Waals surface area contributed by atoms with E-state index >= 15 is 0 Å². The van der Waals surface area contributed by atoms with Gasteiger partial charge in [-0.15, -0.1) is 0 Å². The van der Waals surface area contributed by atoms with Crippen LogP contribution < -0.4 is 10.2 Å². The highest BCUT2D eigenvalue weighted by molar-refractivity contribution is 6.34. The number of nitrogens with zero attached hydrogens (tertiary/aromatic N) is 1. The third-order valence-electron chi connectivity index (χ3n) is 3.52. The molecular weight excluding hydrogens is 224 g/mol. The van der Waals surface area contributed by atoms with Crippen molar-refractivity contribution in [2.24, 2.45) is 0 Å². The van der Waals surface area contributed by atoms with Crippen molar-refractivity contribution >= 4 is 23.0 Å². The zero-order valence-electron chi connectivity index (χ0n) is 9.24. The first-order valence-electron chi connectivity index (χ1n) is 5.61. The SMILES string of the molecule is COC1CC2CNc3c(Cl)cccc3N2C1. The average molecular weight is 239 g/mol. The summed E-state index contributed by atoms with van der Waals surface area (Å²) in [6.07, 6.45) is 1.44. The van der Waals surface area contributed by atoms with Crippen molar-refractivity contribution in [3.05, 3.63) is 23.2 Å². The van der Waals surface area contributed by atoms with Gasteiger partial charge < -0.3 is 15.0 Å². The van der Waals surface area contributed by atoms with Crippen LogP contribution in [0, 0.1) is 0 Å². The van der Waals surface area contributed by atoms with Crippen molar-refractivity contribution in [1.29, 1.82) is 0 Å². The van der Waals surface area contributed by atoms with E-state index in [-0.39, 0.29) is 0 Å². The van der Waals surface area contributed by atoms with Gasteiger partial charge in [0.2, 0.25) is 0 Å². The van der Waals surface area contributed by atoms with Crippen LogP contribution in [0.25, 0.3) is 0 Å². The fraction of sp³-hybridized carbons (Fsp3) is 0.500. The van der Waals surface area contributed by atoms with Gasteiger partial charge in [-0.05, 0) is 18.6 Å². The molecule has 86 valence electrons. The maximum Gasteiger partial charge on any atom is 0.0768 e. The lowest BCUT2D eigenvalue weighted by molar-refractivity contribution is 0.118. The van der Waals surface area contributed by atoms with Gasteiger partial charge in [-0.1, -0.05) is 17.7 Å². The number of halogens is 1. The molecule has 0 bridgehead atoms. The van der Waals surface area contributed by atoms with E-state index in [1.54, 1.807) is 7.11 Å². The summed E-state index contributed by atoms with van der Waals surface area (Å²) < 4.78 is 5.45. The quantitative estimate of drug-likeness (QED) is 0.813. The van der Waals surface area contributed by atoms with Crippen LogP contribution in [0.2, 0.25) is 5.02 Å². The normalized spacial score (nSPS) is 27.2. The van der Waals surface area contributed by atoms with Crippen LogP contribution in [-0.4, -0.2) is 32.3 Å². The number of para-hydroxylation sites is 1. The number of methoxy groups -OCH3 is 1. The Hall–Kier alpha value is -0.930. The maximum atomic E-state index is 6.18. The fourth-order valence-electron chi connectivity index (χ4n) is 2.68. The second kappa shape index (κ2) is 3.82. The third-order valence-corrected chi connectivity index (χ3v) is 3.84. The molecule has 0 aromatic heterocycles. The molecular formula is C12H15ClN2O. The molecule has 1 N–H and O–H groups in total. The molecule has 2 aliphatic heterocycles. The van der Waals surface area contributed by atoms with E-state index < -0.39 is 0 Å². The highest BCUT2D eigenvalue weighted by Gasteiger charge is 2.36. The van der Waals surface area contributed by atoms with Crippen LogP contribution in [0.4, 0.5) is 11.4 Å². The Morgan fingerprint density at radius 1 is 1.50 bits per heavy atom. The van der Waals surface area contributed by atoms with Gasteiger partial charge in [-0.3, -0.25) is 0 Å². The van der Waals surface area contributed by atoms with E-state index in [4.69, 9.17) is 16.3 Å². The lowest BCUT2D eigenvalue weighted by Crippen LogP contribution is -2.39. The molecule has 2 aliphatic rings. The topological polar surface area (TPSA) is 24.5 Å². The molecule has 0 aliphatic carbocycles. The number of hydrogen-bond acceptors (Lipinski definition) is 3. The van der Waals surface area contributed by atoms with Crippen LogP contribution in [0.5, 0.6) is 0 Å². The Labute approximate surface area is 100 Å². The van der Waals surface area contributed by atoms with E-state index in [1.807, 2.05) is 12.1 Å². The molecule has 1 saturated heterocycles. The molecule has 2 atom stereocenters. The lowest BCUT2D eigenvalue weighted by atomic mass is 10.1. The van der Waals surface area contributed by atoms with Gasteiger partial charge in [0.25, 0.3) is 0 Å². The van der Waals surface area contributed by atoms with E-state index in [2.05, 4.69) is 16.3 Å². The van der Waals surface area contributed by atoms with Crippen LogP contribution in [0.15, 0.2) is 18.2 Å². The monoisotopic (exact) mass is 238 g/mol. The van der Waals surface area contributed by atoms with Crippen LogP contribution in [0.1, 0.15) is 6.42 Å². The molecule has 4 heteroatoms. The van der Waals surface area contributed by atoms with Crippen molar-refractivity contribution in [3.63, 3.8) is 0 Å². The minimum Gasteiger partial charge on any atom is -0.380 e. The first-order chi connectivity index (χ1) is 7.79. The summed E-state index contributed by atoms with van der Waals surface area (Å²) in [6.45, 7) is 1.92. The van der Waals surface area contributed by atoms with Crippen molar-refractivity contribution in [2.75, 3.05) is 30.4 Å². The summed E-state index contributed by atoms with van der Waals surface area (Å²) in [6, 6.07) is 6.59. The molecule has 16 heavy (non-hydrogen) atoms. The van der Waals surface area contributed by atoms with Crippen molar-refractivity contribution in [2.45, 2.75) is 18.6 Å². The van der Waals surface area contributed by atoms with Gasteiger partial charge in [-0.2, -0.15) is 0 Å². The molecule has 0 radical (unpaired) electrons. The van der Waals surface area contributed by atoms with Gasteiger partial charge in [0.15, 0.2) is 0 Å². The maximum absolute atomic E-state index is 6.18. The van der Waals surface area contributed by atoms with Crippen LogP contribution >= 0.6 is 11.6 Å². The largest absolute Gasteiger partial charge is 0.380 e. The number of benzene rings is 1. The smallest absolute Gasteiger partial charge is 0.0768 e. The van der Waals surface area contributed by atoms with Crippen LogP contribution in [0.3, 0.4) is 0 Å². The molecule has 2 unspecified atom stereocenters. The molecule has 2 heterocycles. The number of hydrogen-bond donors (Lipinski definition) is 1. The summed E-state index contributed by atoms with van der Waals surface area (Å²) in [5, 5.41) is 4.22. The Balaban J connectivity index is 1.97. The minimum atomic E-state index is 0.344. The zero-order valence-corrected chi connectivity index (χ0v) is 10.00. The molecule has 3 nitrogen and oxygen atoms in total. The van der Waals surface area contributed by atoms with E-state index in [0.29, 0.717) is 12.1 Å². The van der Waals surface area contributed by atoms with Gasteiger partial charge in [0.05, 0.1) is 22.5 Å². The van der Waals surface area contributed by atoms with Crippen molar-refractivity contribution in [3.8, 4) is 0 Å². The number of ether oxygens (including phenoxy) is 1. The van der Waals surface area contributed by atoms with Crippen LogP contribution in [-0.2, 0) is 4.74 Å². The Morgan fingerprint density at radius 2 is 2.38 bits per heavy atom. The van der Waals surface area contributed by atoms with Gasteiger partial charge in [-0.25, -0.2) is 0 Å². The summed E-state index contributed by atoms with van der Waals surface area (Å²) in [7, 11) is 1.79. The highest BCUT2D eigenvalue weighted by atomic mass is 35.5. The highest BCUT2D eigenvalue weighted by Crippen LogP contribution is 2.40. The first kappa shape index (κ1) is 10.2. The Bertz CT molecular complexity index is 410. The number of nitrogens with one attached hydrogen (secondary N) is 1. The van der Waals surface area contributed by atoms with E-state index in [1.165, 1.54) is 5.69 Å². The molecule has 0 saturated carbocycles. The summed E-state index contributed by atoms with van der Waals surface area (Å²) in [5.74, 6) is 0. The average Bonchev–Trinajstić information content (AvgIpc) is 2.72. The van der Waals surface area contributed by atoms with Gasteiger partial charge >= 0.3 is 0 Å². The Morgan fingerprint density at radius 3 is 3.19 bits per heavy atom. The predicted molar refractivity (Wildman–Crippen MR) is 66.5 cm³/mol. The second-order valence-electron chi connectivity index (χ2n) is 4.41. The molecule has 1 fully saturated rings. The second-order valence-corrected chi connectivity index (χ2v) is 4.82.